The maximum atomic E-state index is 13.9. The predicted octanol–water partition coefficient (Wildman–Crippen LogP) is 5.90. The first-order valence-corrected chi connectivity index (χ1v) is 13.5. The molecule has 40 heavy (non-hydrogen) atoms. The number of nitrogens with zero attached hydrogens (tertiary/aromatic N) is 1. The topological polar surface area (TPSA) is 105 Å². The summed E-state index contributed by atoms with van der Waals surface area (Å²) in [6.45, 7) is 0.331. The Kier molecular flexibility index (Phi) is 6.79. The number of benzene rings is 3. The Morgan fingerprint density at radius 2 is 1.85 bits per heavy atom. The first kappa shape index (κ1) is 26.4. The number of carbonyl (C=O) groups is 2. The molecule has 0 radical (unpaired) electrons. The minimum atomic E-state index is -0.896. The van der Waals surface area contributed by atoms with E-state index in [0.717, 1.165) is 5.56 Å². The molecule has 0 bridgehead atoms. The van der Waals surface area contributed by atoms with Crippen molar-refractivity contribution in [3.63, 3.8) is 0 Å². The molecule has 0 aliphatic carbocycles. The zero-order valence-corrected chi connectivity index (χ0v) is 24.1. The molecule has 10 nitrogen and oxygen atoms in total. The Bertz CT molecular complexity index is 1550. The molecule has 0 saturated heterocycles. The van der Waals surface area contributed by atoms with Gasteiger partial charge in [0.15, 0.2) is 29.1 Å². The van der Waals surface area contributed by atoms with Crippen LogP contribution in [-0.4, -0.2) is 51.6 Å². The average Bonchev–Trinajstić information content (AvgIpc) is 3.57. The molecule has 2 atom stereocenters. The highest BCUT2D eigenvalue weighted by Crippen LogP contribution is 2.58. The lowest BCUT2D eigenvalue weighted by Gasteiger charge is -2.41. The summed E-state index contributed by atoms with van der Waals surface area (Å²) in [4.78, 5) is 28.8. The summed E-state index contributed by atoms with van der Waals surface area (Å²) in [6.07, 6.45) is -0.422. The van der Waals surface area contributed by atoms with Crippen molar-refractivity contribution in [2.45, 2.75) is 18.6 Å². The fraction of sp³-hybridized carbons (Fsp3) is 0.286. The highest BCUT2D eigenvalue weighted by atomic mass is 79.9. The molecule has 6 rings (SSSR count). The zero-order valence-electron chi connectivity index (χ0n) is 21.7. The lowest BCUT2D eigenvalue weighted by molar-refractivity contribution is 0.0122. The quantitative estimate of drug-likeness (QED) is 0.347. The van der Waals surface area contributed by atoms with Crippen LogP contribution in [0, 0.1) is 0 Å². The number of hydrogen-bond donors (Lipinski definition) is 1. The van der Waals surface area contributed by atoms with Crippen LogP contribution in [0.1, 0.15) is 39.2 Å². The lowest BCUT2D eigenvalue weighted by Crippen LogP contribution is -2.45. The van der Waals surface area contributed by atoms with Crippen LogP contribution in [-0.2, 0) is 11.2 Å². The van der Waals surface area contributed by atoms with E-state index < -0.39 is 24.1 Å². The number of rotatable bonds is 5. The van der Waals surface area contributed by atoms with Gasteiger partial charge in [0.1, 0.15) is 11.6 Å². The van der Waals surface area contributed by atoms with E-state index in [1.807, 2.05) is 0 Å². The Balaban J connectivity index is 1.53. The minimum absolute atomic E-state index is 0.0229. The SMILES string of the molecule is COc1ccc2c(c1OC)C(=O)O[C@@H]2[C@H]1c2c(c(Br)c3c(c2OC)OCO3)CCN1C(=O)Nc1cccc(Cl)c1. The van der Waals surface area contributed by atoms with Gasteiger partial charge < -0.3 is 38.6 Å². The molecule has 0 fully saturated rings. The van der Waals surface area contributed by atoms with E-state index in [1.165, 1.54) is 21.3 Å². The number of ether oxygens (including phenoxy) is 6. The van der Waals surface area contributed by atoms with E-state index in [9.17, 15) is 9.59 Å². The number of carbonyl (C=O) groups excluding carboxylic acids is 2. The number of cyclic esters (lactones) is 1. The van der Waals surface area contributed by atoms with Crippen molar-refractivity contribution in [1.82, 2.24) is 4.90 Å². The van der Waals surface area contributed by atoms with Crippen molar-refractivity contribution >= 4 is 45.2 Å². The normalized spacial score (nSPS) is 18.5. The second-order valence-corrected chi connectivity index (χ2v) is 10.5. The van der Waals surface area contributed by atoms with E-state index in [0.29, 0.717) is 62.3 Å². The van der Waals surface area contributed by atoms with E-state index in [4.69, 9.17) is 40.0 Å². The highest BCUT2D eigenvalue weighted by Gasteiger charge is 2.49. The average molecular weight is 632 g/mol. The fourth-order valence-electron chi connectivity index (χ4n) is 5.58. The van der Waals surface area contributed by atoms with Gasteiger partial charge >= 0.3 is 12.0 Å². The predicted molar refractivity (Wildman–Crippen MR) is 148 cm³/mol. The van der Waals surface area contributed by atoms with E-state index in [1.54, 1.807) is 41.3 Å². The molecule has 3 heterocycles. The number of amides is 2. The third-order valence-electron chi connectivity index (χ3n) is 7.24. The fourth-order valence-corrected chi connectivity index (χ4v) is 6.47. The van der Waals surface area contributed by atoms with Gasteiger partial charge in [-0.25, -0.2) is 9.59 Å². The second kappa shape index (κ2) is 10.3. The van der Waals surface area contributed by atoms with Crippen molar-refractivity contribution in [3.05, 3.63) is 68.1 Å². The third kappa shape index (κ3) is 4.06. The largest absolute Gasteiger partial charge is 0.493 e. The van der Waals surface area contributed by atoms with Crippen LogP contribution >= 0.6 is 27.5 Å². The molecule has 0 spiro atoms. The van der Waals surface area contributed by atoms with Gasteiger partial charge in [0.25, 0.3) is 0 Å². The van der Waals surface area contributed by atoms with Crippen molar-refractivity contribution in [3.8, 4) is 28.7 Å². The molecule has 0 aromatic heterocycles. The van der Waals surface area contributed by atoms with Gasteiger partial charge in [-0.2, -0.15) is 0 Å². The van der Waals surface area contributed by atoms with Crippen LogP contribution in [0.3, 0.4) is 0 Å². The molecular formula is C28H24BrClN2O8. The van der Waals surface area contributed by atoms with Crippen LogP contribution in [0.5, 0.6) is 28.7 Å². The molecule has 0 saturated carbocycles. The van der Waals surface area contributed by atoms with Gasteiger partial charge in [0, 0.05) is 28.4 Å². The van der Waals surface area contributed by atoms with E-state index in [2.05, 4.69) is 21.2 Å². The van der Waals surface area contributed by atoms with Crippen LogP contribution in [0.2, 0.25) is 5.02 Å². The second-order valence-electron chi connectivity index (χ2n) is 9.22. The number of esters is 1. The Morgan fingerprint density at radius 3 is 2.58 bits per heavy atom. The first-order chi connectivity index (χ1) is 19.4. The summed E-state index contributed by atoms with van der Waals surface area (Å²) >= 11 is 9.84. The van der Waals surface area contributed by atoms with Crippen molar-refractivity contribution in [2.24, 2.45) is 0 Å². The summed E-state index contributed by atoms with van der Waals surface area (Å²) in [6, 6.07) is 9.12. The van der Waals surface area contributed by atoms with Crippen molar-refractivity contribution < 1.29 is 38.0 Å². The molecule has 3 aromatic carbocycles. The first-order valence-electron chi connectivity index (χ1n) is 12.3. The van der Waals surface area contributed by atoms with Crippen LogP contribution in [0.4, 0.5) is 10.5 Å². The minimum Gasteiger partial charge on any atom is -0.493 e. The number of anilines is 1. The number of fused-ring (bicyclic) bond motifs is 3. The van der Waals surface area contributed by atoms with E-state index in [-0.39, 0.29) is 18.1 Å². The van der Waals surface area contributed by atoms with Crippen molar-refractivity contribution in [2.75, 3.05) is 40.0 Å². The van der Waals surface area contributed by atoms with Gasteiger partial charge in [-0.3, -0.25) is 0 Å². The van der Waals surface area contributed by atoms with Gasteiger partial charge in [-0.1, -0.05) is 23.7 Å². The molecule has 1 N–H and O–H groups in total. The Labute approximate surface area is 243 Å². The number of hydrogen-bond acceptors (Lipinski definition) is 8. The van der Waals surface area contributed by atoms with Crippen LogP contribution in [0.15, 0.2) is 40.9 Å². The maximum absolute atomic E-state index is 13.9. The summed E-state index contributed by atoms with van der Waals surface area (Å²) in [5.74, 6) is 1.41. The van der Waals surface area contributed by atoms with Gasteiger partial charge in [0.2, 0.25) is 12.5 Å². The van der Waals surface area contributed by atoms with Gasteiger partial charge in [-0.15, -0.1) is 0 Å². The van der Waals surface area contributed by atoms with Gasteiger partial charge in [-0.05, 0) is 52.2 Å². The molecule has 208 valence electrons. The summed E-state index contributed by atoms with van der Waals surface area (Å²) in [5.41, 5.74) is 2.83. The molecule has 3 aromatic rings. The molecule has 12 heteroatoms. The monoisotopic (exact) mass is 630 g/mol. The number of urea groups is 1. The zero-order chi connectivity index (χ0) is 28.1. The molecule has 3 aliphatic rings. The molecule has 3 aliphatic heterocycles. The number of methoxy groups -OCH3 is 3. The summed E-state index contributed by atoms with van der Waals surface area (Å²) < 4.78 is 35.1. The third-order valence-corrected chi connectivity index (χ3v) is 8.31. The molecule has 0 unspecified atom stereocenters. The Hall–Kier alpha value is -3.83. The summed E-state index contributed by atoms with van der Waals surface area (Å²) in [5, 5.41) is 3.41. The number of halogens is 2. The van der Waals surface area contributed by atoms with Crippen LogP contribution in [0.25, 0.3) is 0 Å². The van der Waals surface area contributed by atoms with Gasteiger partial charge in [0.05, 0.1) is 25.8 Å². The molecule has 2 amide bonds. The number of nitrogens with one attached hydrogen (secondary N) is 1. The summed E-state index contributed by atoms with van der Waals surface area (Å²) in [7, 11) is 4.47. The Morgan fingerprint density at radius 1 is 1.07 bits per heavy atom. The van der Waals surface area contributed by atoms with Crippen molar-refractivity contribution in [1.29, 1.82) is 0 Å². The highest BCUT2D eigenvalue weighted by molar-refractivity contribution is 9.10. The maximum Gasteiger partial charge on any atom is 0.343 e. The standard InChI is InChI=1S/C28H24BrClN2O8/c1-35-17-8-7-16-19(23(17)36-2)27(33)40-22(16)21-18-15(20(29)25-26(24(18)37-3)39-12-38-25)9-10-32(21)28(34)31-14-6-4-5-13(30)11-14/h4-8,11,21-22H,9-10,12H2,1-3H3,(H,31,34)/t21-,22+/m1/s1. The van der Waals surface area contributed by atoms with Crippen LogP contribution < -0.4 is 29.0 Å². The lowest BCUT2D eigenvalue weighted by atomic mass is 9.85. The van der Waals surface area contributed by atoms with E-state index >= 15 is 0 Å². The smallest absolute Gasteiger partial charge is 0.343 e. The molecular weight excluding hydrogens is 608 g/mol.